The highest BCUT2D eigenvalue weighted by atomic mass is 16.6. The van der Waals surface area contributed by atoms with Gasteiger partial charge in [-0.2, -0.15) is 0 Å². The molecule has 0 aliphatic carbocycles. The molecule has 2 aromatic carbocycles. The van der Waals surface area contributed by atoms with Crippen LogP contribution in [0.15, 0.2) is 36.4 Å². The SMILES string of the molecule is CC1(c2ccc3c(c2)OCCO3)NC(=O)N(CC(=O)c2ccc3c(c2)OCCCO3)C1=O. The Morgan fingerprint density at radius 3 is 2.31 bits per heavy atom. The first-order valence-electron chi connectivity index (χ1n) is 10.4. The van der Waals surface area contributed by atoms with Crippen molar-refractivity contribution in [2.45, 2.75) is 18.9 Å². The van der Waals surface area contributed by atoms with Crippen LogP contribution in [-0.2, 0) is 10.3 Å². The zero-order valence-electron chi connectivity index (χ0n) is 17.5. The molecule has 0 saturated carbocycles. The van der Waals surface area contributed by atoms with Gasteiger partial charge in [0.1, 0.15) is 18.8 Å². The van der Waals surface area contributed by atoms with Gasteiger partial charge in [0, 0.05) is 12.0 Å². The van der Waals surface area contributed by atoms with Gasteiger partial charge in [-0.15, -0.1) is 0 Å². The van der Waals surface area contributed by atoms with E-state index in [4.69, 9.17) is 18.9 Å². The fourth-order valence-corrected chi connectivity index (χ4v) is 3.96. The summed E-state index contributed by atoms with van der Waals surface area (Å²) in [5.41, 5.74) is -0.439. The van der Waals surface area contributed by atoms with Crippen LogP contribution < -0.4 is 24.3 Å². The number of urea groups is 1. The van der Waals surface area contributed by atoms with Crippen LogP contribution in [0.4, 0.5) is 4.79 Å². The molecule has 9 nitrogen and oxygen atoms in total. The monoisotopic (exact) mass is 438 g/mol. The molecule has 3 heterocycles. The second kappa shape index (κ2) is 7.74. The van der Waals surface area contributed by atoms with Crippen LogP contribution in [0, 0.1) is 0 Å². The Hall–Kier alpha value is -3.75. The molecular formula is C23H22N2O7. The highest BCUT2D eigenvalue weighted by Crippen LogP contribution is 2.37. The van der Waals surface area contributed by atoms with Crippen LogP contribution in [0.25, 0.3) is 0 Å². The number of ketones is 1. The lowest BCUT2D eigenvalue weighted by molar-refractivity contribution is -0.130. The summed E-state index contributed by atoms with van der Waals surface area (Å²) in [6, 6.07) is 9.33. The number of amides is 3. The summed E-state index contributed by atoms with van der Waals surface area (Å²) >= 11 is 0. The van der Waals surface area contributed by atoms with Crippen molar-refractivity contribution < 1.29 is 33.3 Å². The molecule has 9 heteroatoms. The third-order valence-corrected chi connectivity index (χ3v) is 5.77. The average molecular weight is 438 g/mol. The highest BCUT2D eigenvalue weighted by molar-refractivity contribution is 6.11. The number of Topliss-reactive ketones (excluding diaryl/α,β-unsaturated/α-hetero) is 1. The maximum Gasteiger partial charge on any atom is 0.325 e. The van der Waals surface area contributed by atoms with E-state index in [1.165, 1.54) is 0 Å². The molecule has 0 bridgehead atoms. The summed E-state index contributed by atoms with van der Waals surface area (Å²) in [6.07, 6.45) is 0.749. The van der Waals surface area contributed by atoms with Gasteiger partial charge in [0.25, 0.3) is 5.91 Å². The van der Waals surface area contributed by atoms with E-state index in [2.05, 4.69) is 5.32 Å². The normalized spacial score (nSPS) is 21.7. The van der Waals surface area contributed by atoms with E-state index >= 15 is 0 Å². The molecule has 0 radical (unpaired) electrons. The number of nitrogens with one attached hydrogen (secondary N) is 1. The molecule has 0 spiro atoms. The van der Waals surface area contributed by atoms with Gasteiger partial charge in [0.15, 0.2) is 28.8 Å². The van der Waals surface area contributed by atoms with Crippen LogP contribution in [0.5, 0.6) is 23.0 Å². The van der Waals surface area contributed by atoms with Crippen molar-refractivity contribution in [3.63, 3.8) is 0 Å². The Balaban J connectivity index is 1.36. The molecule has 1 saturated heterocycles. The smallest absolute Gasteiger partial charge is 0.325 e. The number of rotatable bonds is 4. The highest BCUT2D eigenvalue weighted by Gasteiger charge is 2.49. The van der Waals surface area contributed by atoms with Gasteiger partial charge >= 0.3 is 6.03 Å². The van der Waals surface area contributed by atoms with E-state index in [-0.39, 0.29) is 12.3 Å². The van der Waals surface area contributed by atoms with Gasteiger partial charge in [0.05, 0.1) is 19.8 Å². The molecule has 166 valence electrons. The molecule has 5 rings (SSSR count). The Morgan fingerprint density at radius 1 is 0.906 bits per heavy atom. The van der Waals surface area contributed by atoms with Crippen LogP contribution >= 0.6 is 0 Å². The first kappa shape index (κ1) is 20.2. The largest absolute Gasteiger partial charge is 0.490 e. The number of hydrogen-bond acceptors (Lipinski definition) is 7. The maximum atomic E-state index is 13.2. The second-order valence-electron chi connectivity index (χ2n) is 7.94. The number of ether oxygens (including phenoxy) is 4. The van der Waals surface area contributed by atoms with E-state index in [1.807, 2.05) is 0 Å². The lowest BCUT2D eigenvalue weighted by atomic mass is 9.91. The van der Waals surface area contributed by atoms with Crippen molar-refractivity contribution >= 4 is 17.7 Å². The number of hydrogen-bond donors (Lipinski definition) is 1. The van der Waals surface area contributed by atoms with Gasteiger partial charge in [-0.25, -0.2) is 4.79 Å². The molecule has 1 atom stereocenters. The lowest BCUT2D eigenvalue weighted by Crippen LogP contribution is -2.41. The summed E-state index contributed by atoms with van der Waals surface area (Å²) < 4.78 is 22.3. The van der Waals surface area contributed by atoms with Crippen molar-refractivity contribution in [3.05, 3.63) is 47.5 Å². The average Bonchev–Trinajstić information content (AvgIpc) is 2.96. The molecule has 3 aliphatic heterocycles. The lowest BCUT2D eigenvalue weighted by Gasteiger charge is -2.25. The zero-order chi connectivity index (χ0) is 22.3. The Labute approximate surface area is 184 Å². The zero-order valence-corrected chi connectivity index (χ0v) is 17.5. The van der Waals surface area contributed by atoms with Crippen molar-refractivity contribution in [3.8, 4) is 23.0 Å². The topological polar surface area (TPSA) is 103 Å². The number of fused-ring (bicyclic) bond motifs is 2. The molecule has 3 aliphatic rings. The minimum atomic E-state index is -1.32. The van der Waals surface area contributed by atoms with Crippen molar-refractivity contribution in [2.24, 2.45) is 0 Å². The van der Waals surface area contributed by atoms with E-state index < -0.39 is 17.5 Å². The predicted molar refractivity (Wildman–Crippen MR) is 111 cm³/mol. The molecule has 1 N–H and O–H groups in total. The van der Waals surface area contributed by atoms with Crippen molar-refractivity contribution in [2.75, 3.05) is 33.0 Å². The summed E-state index contributed by atoms with van der Waals surface area (Å²) in [4.78, 5) is 39.7. The third-order valence-electron chi connectivity index (χ3n) is 5.77. The van der Waals surface area contributed by atoms with Crippen LogP contribution in [0.2, 0.25) is 0 Å². The summed E-state index contributed by atoms with van der Waals surface area (Å²) in [5.74, 6) is 1.25. The first-order valence-corrected chi connectivity index (χ1v) is 10.4. The predicted octanol–water partition coefficient (Wildman–Crippen LogP) is 2.27. The Kier molecular flexibility index (Phi) is 4.88. The molecular weight excluding hydrogens is 416 g/mol. The standard InChI is InChI=1S/C23H22N2O7/c1-23(15-4-6-18-20(12-15)32-10-9-31-18)21(27)25(22(28)24-23)13-16(26)14-3-5-17-19(11-14)30-8-2-7-29-17/h3-6,11-12H,2,7-10,13H2,1H3,(H,24,28). The van der Waals surface area contributed by atoms with Crippen LogP contribution in [0.3, 0.4) is 0 Å². The van der Waals surface area contributed by atoms with E-state index in [0.717, 1.165) is 11.3 Å². The van der Waals surface area contributed by atoms with Crippen LogP contribution in [0.1, 0.15) is 29.3 Å². The Bertz CT molecular complexity index is 1120. The van der Waals surface area contributed by atoms with Crippen molar-refractivity contribution in [1.29, 1.82) is 0 Å². The number of imide groups is 1. The number of benzene rings is 2. The van der Waals surface area contributed by atoms with Crippen molar-refractivity contribution in [1.82, 2.24) is 10.2 Å². The molecule has 0 aromatic heterocycles. The summed E-state index contributed by atoms with van der Waals surface area (Å²) in [6.45, 7) is 3.12. The number of carbonyl (C=O) groups excluding carboxylic acids is 3. The first-order chi connectivity index (χ1) is 15.5. The summed E-state index contributed by atoms with van der Waals surface area (Å²) in [7, 11) is 0. The minimum Gasteiger partial charge on any atom is -0.490 e. The van der Waals surface area contributed by atoms with Gasteiger partial charge in [-0.1, -0.05) is 6.07 Å². The fourth-order valence-electron chi connectivity index (χ4n) is 3.96. The fraction of sp³-hybridized carbons (Fsp3) is 0.348. The summed E-state index contributed by atoms with van der Waals surface area (Å²) in [5, 5.41) is 2.71. The van der Waals surface area contributed by atoms with Gasteiger partial charge in [0.2, 0.25) is 0 Å². The second-order valence-corrected chi connectivity index (χ2v) is 7.94. The van der Waals surface area contributed by atoms with Gasteiger partial charge in [-0.05, 0) is 42.8 Å². The quantitative estimate of drug-likeness (QED) is 0.577. The molecule has 32 heavy (non-hydrogen) atoms. The van der Waals surface area contributed by atoms with E-state index in [1.54, 1.807) is 43.3 Å². The minimum absolute atomic E-state index is 0.336. The van der Waals surface area contributed by atoms with Crippen LogP contribution in [-0.4, -0.2) is 55.6 Å². The van der Waals surface area contributed by atoms with Gasteiger partial charge < -0.3 is 24.3 Å². The molecule has 2 aromatic rings. The maximum absolute atomic E-state index is 13.2. The Morgan fingerprint density at radius 2 is 1.53 bits per heavy atom. The molecule has 1 fully saturated rings. The number of carbonyl (C=O) groups is 3. The molecule has 1 unspecified atom stereocenters. The van der Waals surface area contributed by atoms with E-state index in [9.17, 15) is 14.4 Å². The number of nitrogens with zero attached hydrogens (tertiary/aromatic N) is 1. The third kappa shape index (κ3) is 3.39. The molecule has 3 amide bonds. The van der Waals surface area contributed by atoms with E-state index in [0.29, 0.717) is 60.6 Å². The van der Waals surface area contributed by atoms with Gasteiger partial charge in [-0.3, -0.25) is 14.5 Å².